The van der Waals surface area contributed by atoms with Gasteiger partial charge in [0.05, 0.1) is 24.8 Å². The Morgan fingerprint density at radius 1 is 1.35 bits per heavy atom. The van der Waals surface area contributed by atoms with E-state index in [1.807, 2.05) is 0 Å². The van der Waals surface area contributed by atoms with Crippen LogP contribution in [0.5, 0.6) is 11.5 Å². The number of ether oxygens (including phenoxy) is 3. The summed E-state index contributed by atoms with van der Waals surface area (Å²) in [5, 5.41) is 0.309. The maximum atomic E-state index is 11.5. The summed E-state index contributed by atoms with van der Waals surface area (Å²) >= 11 is 6.19. The third kappa shape index (κ3) is 2.99. The van der Waals surface area contributed by atoms with Crippen LogP contribution in [0.1, 0.15) is 29.6 Å². The quantitative estimate of drug-likeness (QED) is 0.864. The summed E-state index contributed by atoms with van der Waals surface area (Å²) in [7, 11) is 2.80. The summed E-state index contributed by atoms with van der Waals surface area (Å²) in [6.07, 6.45) is 2.78. The normalized spacial score (nSPS) is 21.6. The molecule has 20 heavy (non-hydrogen) atoms. The minimum Gasteiger partial charge on any atom is -0.493 e. The SMILES string of the molecule is COC(=O)c1cc(Cl)c(OC2CCCC2N)c(OC)c1. The van der Waals surface area contributed by atoms with Gasteiger partial charge >= 0.3 is 5.97 Å². The van der Waals surface area contributed by atoms with Crippen molar-refractivity contribution >= 4 is 17.6 Å². The summed E-state index contributed by atoms with van der Waals surface area (Å²) in [5.41, 5.74) is 6.30. The molecule has 0 aliphatic heterocycles. The first-order valence-electron chi connectivity index (χ1n) is 6.45. The van der Waals surface area contributed by atoms with Gasteiger partial charge in [0.25, 0.3) is 0 Å². The van der Waals surface area contributed by atoms with Crippen molar-refractivity contribution in [3.05, 3.63) is 22.7 Å². The first-order valence-corrected chi connectivity index (χ1v) is 6.82. The average molecular weight is 300 g/mol. The van der Waals surface area contributed by atoms with Crippen molar-refractivity contribution in [2.75, 3.05) is 14.2 Å². The molecule has 0 radical (unpaired) electrons. The molecule has 5 nitrogen and oxygen atoms in total. The Labute approximate surface area is 122 Å². The third-order valence-corrected chi connectivity index (χ3v) is 3.70. The Balaban J connectivity index is 2.30. The zero-order chi connectivity index (χ0) is 14.7. The van der Waals surface area contributed by atoms with Crippen LogP contribution in [0.15, 0.2) is 12.1 Å². The topological polar surface area (TPSA) is 70.8 Å². The van der Waals surface area contributed by atoms with Gasteiger partial charge in [-0.3, -0.25) is 0 Å². The van der Waals surface area contributed by atoms with Crippen molar-refractivity contribution in [3.63, 3.8) is 0 Å². The monoisotopic (exact) mass is 299 g/mol. The molecule has 0 bridgehead atoms. The van der Waals surface area contributed by atoms with Crippen LogP contribution in [0.2, 0.25) is 5.02 Å². The standard InChI is InChI=1S/C14H18ClNO4/c1-18-12-7-8(14(17)19-2)6-9(15)13(12)20-11-5-3-4-10(11)16/h6-7,10-11H,3-5,16H2,1-2H3. The largest absolute Gasteiger partial charge is 0.493 e. The molecule has 0 spiro atoms. The second-order valence-electron chi connectivity index (χ2n) is 4.73. The van der Waals surface area contributed by atoms with Gasteiger partial charge in [0.1, 0.15) is 6.10 Å². The van der Waals surface area contributed by atoms with E-state index >= 15 is 0 Å². The molecule has 0 saturated heterocycles. The molecule has 1 saturated carbocycles. The van der Waals surface area contributed by atoms with Gasteiger partial charge in [-0.1, -0.05) is 11.6 Å². The van der Waals surface area contributed by atoms with Crippen LogP contribution < -0.4 is 15.2 Å². The summed E-state index contributed by atoms with van der Waals surface area (Å²) in [6, 6.07) is 3.05. The highest BCUT2D eigenvalue weighted by molar-refractivity contribution is 6.32. The lowest BCUT2D eigenvalue weighted by atomic mass is 10.2. The molecule has 0 heterocycles. The van der Waals surface area contributed by atoms with Crippen molar-refractivity contribution in [3.8, 4) is 11.5 Å². The number of rotatable bonds is 4. The Hall–Kier alpha value is -1.46. The molecule has 1 aromatic rings. The Morgan fingerprint density at radius 2 is 2.10 bits per heavy atom. The number of methoxy groups -OCH3 is 2. The zero-order valence-electron chi connectivity index (χ0n) is 11.5. The van der Waals surface area contributed by atoms with E-state index in [-0.39, 0.29) is 12.1 Å². The third-order valence-electron chi connectivity index (χ3n) is 3.42. The van der Waals surface area contributed by atoms with E-state index in [1.165, 1.54) is 20.3 Å². The smallest absolute Gasteiger partial charge is 0.338 e. The molecule has 1 aromatic carbocycles. The van der Waals surface area contributed by atoms with Gasteiger partial charge in [0.15, 0.2) is 11.5 Å². The number of hydrogen-bond donors (Lipinski definition) is 1. The number of hydrogen-bond acceptors (Lipinski definition) is 5. The Bertz CT molecular complexity index is 506. The highest BCUT2D eigenvalue weighted by Gasteiger charge is 2.28. The van der Waals surface area contributed by atoms with Gasteiger partial charge in [-0.2, -0.15) is 0 Å². The second-order valence-corrected chi connectivity index (χ2v) is 5.14. The molecule has 2 N–H and O–H groups in total. The van der Waals surface area contributed by atoms with Crippen LogP contribution in [-0.2, 0) is 4.74 Å². The van der Waals surface area contributed by atoms with Crippen LogP contribution in [0.4, 0.5) is 0 Å². The molecule has 1 fully saturated rings. The first kappa shape index (κ1) is 14.9. The van der Waals surface area contributed by atoms with E-state index in [2.05, 4.69) is 4.74 Å². The van der Waals surface area contributed by atoms with Crippen LogP contribution in [0.3, 0.4) is 0 Å². The molecule has 2 atom stereocenters. The van der Waals surface area contributed by atoms with E-state index in [9.17, 15) is 4.79 Å². The van der Waals surface area contributed by atoms with Gasteiger partial charge < -0.3 is 19.9 Å². The Morgan fingerprint density at radius 3 is 2.65 bits per heavy atom. The fraction of sp³-hybridized carbons (Fsp3) is 0.500. The molecular weight excluding hydrogens is 282 g/mol. The number of halogens is 1. The second kappa shape index (κ2) is 6.33. The van der Waals surface area contributed by atoms with E-state index in [0.29, 0.717) is 22.1 Å². The highest BCUT2D eigenvalue weighted by Crippen LogP contribution is 2.38. The molecule has 0 amide bonds. The van der Waals surface area contributed by atoms with Crippen molar-refractivity contribution < 1.29 is 19.0 Å². The van der Waals surface area contributed by atoms with Crippen LogP contribution in [0.25, 0.3) is 0 Å². The molecule has 0 aromatic heterocycles. The number of esters is 1. The lowest BCUT2D eigenvalue weighted by Gasteiger charge is -2.21. The van der Waals surface area contributed by atoms with Crippen molar-refractivity contribution in [2.24, 2.45) is 5.73 Å². The van der Waals surface area contributed by atoms with E-state index in [1.54, 1.807) is 6.07 Å². The lowest BCUT2D eigenvalue weighted by molar-refractivity contribution is 0.0600. The number of benzene rings is 1. The molecule has 2 rings (SSSR count). The fourth-order valence-corrected chi connectivity index (χ4v) is 2.58. The predicted molar refractivity (Wildman–Crippen MR) is 75.6 cm³/mol. The van der Waals surface area contributed by atoms with Crippen LogP contribution in [-0.4, -0.2) is 32.3 Å². The van der Waals surface area contributed by atoms with E-state index < -0.39 is 5.97 Å². The zero-order valence-corrected chi connectivity index (χ0v) is 12.3. The molecule has 110 valence electrons. The van der Waals surface area contributed by atoms with Gasteiger partial charge in [-0.15, -0.1) is 0 Å². The summed E-state index contributed by atoms with van der Waals surface area (Å²) in [6.45, 7) is 0. The molecule has 1 aliphatic carbocycles. The first-order chi connectivity index (χ1) is 9.56. The van der Waals surface area contributed by atoms with Gasteiger partial charge in [0, 0.05) is 6.04 Å². The molecule has 1 aliphatic rings. The van der Waals surface area contributed by atoms with E-state index in [4.69, 9.17) is 26.8 Å². The van der Waals surface area contributed by atoms with Crippen molar-refractivity contribution in [1.29, 1.82) is 0 Å². The number of carbonyl (C=O) groups excluding carboxylic acids is 1. The Kier molecular flexibility index (Phi) is 4.73. The van der Waals surface area contributed by atoms with Gasteiger partial charge in [0.2, 0.25) is 0 Å². The molecule has 6 heteroatoms. The number of carbonyl (C=O) groups is 1. The summed E-state index contributed by atoms with van der Waals surface area (Å²) in [5.74, 6) is 0.343. The maximum absolute atomic E-state index is 11.5. The minimum atomic E-state index is -0.477. The summed E-state index contributed by atoms with van der Waals surface area (Å²) < 4.78 is 15.8. The minimum absolute atomic E-state index is 0.00365. The van der Waals surface area contributed by atoms with E-state index in [0.717, 1.165) is 19.3 Å². The van der Waals surface area contributed by atoms with Crippen LogP contribution in [0, 0.1) is 0 Å². The lowest BCUT2D eigenvalue weighted by Crippen LogP contribution is -2.33. The summed E-state index contributed by atoms with van der Waals surface area (Å²) in [4.78, 5) is 11.5. The fourth-order valence-electron chi connectivity index (χ4n) is 2.32. The molecule has 2 unspecified atom stereocenters. The average Bonchev–Trinajstić information content (AvgIpc) is 2.85. The highest BCUT2D eigenvalue weighted by atomic mass is 35.5. The molecular formula is C14H18ClNO4. The van der Waals surface area contributed by atoms with Gasteiger partial charge in [-0.25, -0.2) is 4.79 Å². The predicted octanol–water partition coefficient (Wildman–Crippen LogP) is 2.39. The maximum Gasteiger partial charge on any atom is 0.338 e. The number of nitrogens with two attached hydrogens (primary N) is 1. The van der Waals surface area contributed by atoms with Gasteiger partial charge in [-0.05, 0) is 31.4 Å². The van der Waals surface area contributed by atoms with Crippen molar-refractivity contribution in [2.45, 2.75) is 31.4 Å². The van der Waals surface area contributed by atoms with Crippen LogP contribution >= 0.6 is 11.6 Å². The van der Waals surface area contributed by atoms with Crippen molar-refractivity contribution in [1.82, 2.24) is 0 Å².